The minimum Gasteiger partial charge on any atom is -0.496 e. The minimum atomic E-state index is -3.20. The lowest BCUT2D eigenvalue weighted by Gasteiger charge is -2.37. The summed E-state index contributed by atoms with van der Waals surface area (Å²) in [5, 5.41) is 3.48. The smallest absolute Gasteiger partial charge is 0.255 e. The van der Waals surface area contributed by atoms with Crippen LogP contribution >= 0.6 is 11.6 Å². The van der Waals surface area contributed by atoms with Crippen LogP contribution in [0.1, 0.15) is 36.0 Å². The number of nitrogens with zero attached hydrogens (tertiary/aromatic N) is 1. The van der Waals surface area contributed by atoms with E-state index in [0.717, 1.165) is 12.8 Å². The molecule has 1 aromatic carbocycles. The zero-order chi connectivity index (χ0) is 17.5. The largest absolute Gasteiger partial charge is 0.496 e. The van der Waals surface area contributed by atoms with Crippen molar-refractivity contribution in [3.63, 3.8) is 0 Å². The summed E-state index contributed by atoms with van der Waals surface area (Å²) in [6.45, 7) is 0. The number of benzene rings is 1. The Labute approximate surface area is 147 Å². The first-order valence-corrected chi connectivity index (χ1v) is 10.1. The number of nitrogens with one attached hydrogen (secondary N) is 1. The van der Waals surface area contributed by atoms with Gasteiger partial charge in [-0.1, -0.05) is 11.6 Å². The Balaban J connectivity index is 1.73. The maximum Gasteiger partial charge on any atom is 0.255 e. The lowest BCUT2D eigenvalue weighted by atomic mass is 9.99. The van der Waals surface area contributed by atoms with Gasteiger partial charge in [0.15, 0.2) is 0 Å². The van der Waals surface area contributed by atoms with Crippen molar-refractivity contribution in [2.24, 2.45) is 0 Å². The Bertz CT molecular complexity index is 738. The first-order valence-electron chi connectivity index (χ1n) is 7.92. The molecule has 6 nitrogen and oxygen atoms in total. The van der Waals surface area contributed by atoms with Crippen LogP contribution in [-0.4, -0.2) is 50.1 Å². The van der Waals surface area contributed by atoms with Gasteiger partial charge in [-0.3, -0.25) is 4.79 Å². The number of carbonyl (C=O) groups is 1. The quantitative estimate of drug-likeness (QED) is 0.877. The van der Waals surface area contributed by atoms with E-state index < -0.39 is 10.0 Å². The van der Waals surface area contributed by atoms with Crippen LogP contribution in [0.15, 0.2) is 18.2 Å². The summed E-state index contributed by atoms with van der Waals surface area (Å²) in [5.41, 5.74) is 0.392. The van der Waals surface area contributed by atoms with Crippen molar-refractivity contribution in [1.82, 2.24) is 9.62 Å². The molecule has 0 aromatic heterocycles. The van der Waals surface area contributed by atoms with E-state index in [1.807, 2.05) is 0 Å². The summed E-state index contributed by atoms with van der Waals surface area (Å²) in [7, 11) is -1.69. The van der Waals surface area contributed by atoms with E-state index in [1.54, 1.807) is 22.5 Å². The van der Waals surface area contributed by atoms with Crippen LogP contribution in [-0.2, 0) is 10.0 Å². The number of hydrogen-bond acceptors (Lipinski definition) is 4. The summed E-state index contributed by atoms with van der Waals surface area (Å²) in [6, 6.07) is 4.82. The Morgan fingerprint density at radius 1 is 1.29 bits per heavy atom. The fourth-order valence-electron chi connectivity index (χ4n) is 3.91. The number of carbonyl (C=O) groups excluding carboxylic acids is 1. The number of ether oxygens (including phenoxy) is 1. The highest BCUT2D eigenvalue weighted by atomic mass is 35.5. The average molecular weight is 373 g/mol. The maximum absolute atomic E-state index is 12.6. The molecule has 8 heteroatoms. The van der Waals surface area contributed by atoms with Gasteiger partial charge in [0.05, 0.1) is 18.9 Å². The molecule has 1 N–H and O–H groups in total. The number of hydrogen-bond donors (Lipinski definition) is 1. The summed E-state index contributed by atoms with van der Waals surface area (Å²) >= 11 is 5.98. The van der Waals surface area contributed by atoms with Crippen LogP contribution in [0.5, 0.6) is 5.75 Å². The van der Waals surface area contributed by atoms with Gasteiger partial charge in [-0.05, 0) is 43.9 Å². The molecule has 0 saturated carbocycles. The highest BCUT2D eigenvalue weighted by molar-refractivity contribution is 7.88. The van der Waals surface area contributed by atoms with Crippen LogP contribution in [0.3, 0.4) is 0 Å². The average Bonchev–Trinajstić information content (AvgIpc) is 2.79. The number of rotatable bonds is 4. The molecule has 24 heavy (non-hydrogen) atoms. The first kappa shape index (κ1) is 17.5. The van der Waals surface area contributed by atoms with Crippen molar-refractivity contribution in [3.8, 4) is 5.75 Å². The molecule has 2 atom stereocenters. The van der Waals surface area contributed by atoms with E-state index in [-0.39, 0.29) is 24.0 Å². The summed E-state index contributed by atoms with van der Waals surface area (Å²) < 4.78 is 30.7. The normalized spacial score (nSPS) is 27.0. The third-order valence-corrected chi connectivity index (χ3v) is 6.39. The van der Waals surface area contributed by atoms with Crippen molar-refractivity contribution in [3.05, 3.63) is 28.8 Å². The SMILES string of the molecule is COc1ccc(Cl)cc1C(=O)NC1CC2CCC(C1)N2S(C)(=O)=O. The fraction of sp³-hybridized carbons (Fsp3) is 0.562. The summed E-state index contributed by atoms with van der Waals surface area (Å²) in [5.74, 6) is 0.222. The fourth-order valence-corrected chi connectivity index (χ4v) is 5.55. The highest BCUT2D eigenvalue weighted by Crippen LogP contribution is 2.37. The molecule has 2 aliphatic heterocycles. The van der Waals surface area contributed by atoms with Gasteiger partial charge in [-0.15, -0.1) is 0 Å². The van der Waals surface area contributed by atoms with Gasteiger partial charge < -0.3 is 10.1 Å². The third-order valence-electron chi connectivity index (χ3n) is 4.79. The van der Waals surface area contributed by atoms with E-state index in [1.165, 1.54) is 13.4 Å². The molecule has 0 radical (unpaired) electrons. The molecule has 2 fully saturated rings. The number of fused-ring (bicyclic) bond motifs is 2. The predicted molar refractivity (Wildman–Crippen MR) is 92.0 cm³/mol. The maximum atomic E-state index is 12.6. The summed E-state index contributed by atoms with van der Waals surface area (Å²) in [4.78, 5) is 12.6. The molecule has 2 aliphatic rings. The molecule has 0 aliphatic carbocycles. The molecule has 1 aromatic rings. The second kappa shape index (κ2) is 6.54. The van der Waals surface area contributed by atoms with Gasteiger partial charge in [0, 0.05) is 23.1 Å². The van der Waals surface area contributed by atoms with Crippen molar-refractivity contribution >= 4 is 27.5 Å². The molecule has 0 spiro atoms. The lowest BCUT2D eigenvalue weighted by molar-refractivity contribution is 0.0906. The molecule has 1 amide bonds. The van der Waals surface area contributed by atoms with Crippen LogP contribution < -0.4 is 10.1 Å². The Hall–Kier alpha value is -1.31. The minimum absolute atomic E-state index is 0.0229. The van der Waals surface area contributed by atoms with Crippen molar-refractivity contribution in [1.29, 1.82) is 0 Å². The van der Waals surface area contributed by atoms with Crippen LogP contribution in [0.2, 0.25) is 5.02 Å². The van der Waals surface area contributed by atoms with Crippen molar-refractivity contribution < 1.29 is 17.9 Å². The van der Waals surface area contributed by atoms with E-state index in [2.05, 4.69) is 5.32 Å². The van der Waals surface area contributed by atoms with Gasteiger partial charge in [0.1, 0.15) is 5.75 Å². The Kier molecular flexibility index (Phi) is 4.77. The first-order chi connectivity index (χ1) is 11.3. The van der Waals surface area contributed by atoms with E-state index in [9.17, 15) is 13.2 Å². The molecular formula is C16H21ClN2O4S. The van der Waals surface area contributed by atoms with E-state index >= 15 is 0 Å². The van der Waals surface area contributed by atoms with E-state index in [4.69, 9.17) is 16.3 Å². The second-order valence-electron chi connectivity index (χ2n) is 6.46. The monoisotopic (exact) mass is 372 g/mol. The van der Waals surface area contributed by atoms with Crippen LogP contribution in [0.25, 0.3) is 0 Å². The predicted octanol–water partition coefficient (Wildman–Crippen LogP) is 2.03. The van der Waals surface area contributed by atoms with E-state index in [0.29, 0.717) is 29.2 Å². The lowest BCUT2D eigenvalue weighted by Crippen LogP contribution is -2.52. The second-order valence-corrected chi connectivity index (χ2v) is 8.79. The third kappa shape index (κ3) is 3.38. The molecule has 2 unspecified atom stereocenters. The van der Waals surface area contributed by atoms with Gasteiger partial charge >= 0.3 is 0 Å². The van der Waals surface area contributed by atoms with Gasteiger partial charge in [-0.25, -0.2) is 8.42 Å². The Morgan fingerprint density at radius 3 is 2.46 bits per heavy atom. The standard InChI is InChI=1S/C16H21ClN2O4S/c1-23-15-6-3-10(17)7-14(15)16(20)18-11-8-12-4-5-13(9-11)19(12)24(2,21)22/h3,6-7,11-13H,4-5,8-9H2,1-2H3,(H,18,20). The molecule has 2 heterocycles. The molecule has 2 saturated heterocycles. The van der Waals surface area contributed by atoms with Gasteiger partial charge in [-0.2, -0.15) is 4.31 Å². The molecular weight excluding hydrogens is 352 g/mol. The highest BCUT2D eigenvalue weighted by Gasteiger charge is 2.45. The number of sulfonamides is 1. The van der Waals surface area contributed by atoms with Gasteiger partial charge in [0.2, 0.25) is 10.0 Å². The van der Waals surface area contributed by atoms with Crippen molar-refractivity contribution in [2.45, 2.75) is 43.8 Å². The van der Waals surface area contributed by atoms with Crippen molar-refractivity contribution in [2.75, 3.05) is 13.4 Å². The number of methoxy groups -OCH3 is 1. The topological polar surface area (TPSA) is 75.7 Å². The number of piperidine rings is 1. The Morgan fingerprint density at radius 2 is 1.92 bits per heavy atom. The number of amides is 1. The summed E-state index contributed by atoms with van der Waals surface area (Å²) in [6.07, 6.45) is 4.24. The molecule has 3 rings (SSSR count). The zero-order valence-corrected chi connectivity index (χ0v) is 15.2. The zero-order valence-electron chi connectivity index (χ0n) is 13.7. The van der Waals surface area contributed by atoms with Crippen LogP contribution in [0.4, 0.5) is 0 Å². The van der Waals surface area contributed by atoms with Gasteiger partial charge in [0.25, 0.3) is 5.91 Å². The number of halogens is 1. The molecule has 132 valence electrons. The molecule has 2 bridgehead atoms. The van der Waals surface area contributed by atoms with Crippen LogP contribution in [0, 0.1) is 0 Å².